The summed E-state index contributed by atoms with van der Waals surface area (Å²) in [5.41, 5.74) is 6.45. The van der Waals surface area contributed by atoms with E-state index in [1.165, 1.54) is 23.1 Å². The zero-order valence-electron chi connectivity index (χ0n) is 14.6. The molecule has 0 atom stereocenters. The fourth-order valence-electron chi connectivity index (χ4n) is 2.39. The summed E-state index contributed by atoms with van der Waals surface area (Å²) in [6.07, 6.45) is 1.73. The summed E-state index contributed by atoms with van der Waals surface area (Å²) >= 11 is 8.43. The number of anilines is 1. The highest BCUT2D eigenvalue weighted by molar-refractivity contribution is 7.99. The van der Waals surface area contributed by atoms with E-state index in [1.54, 1.807) is 29.7 Å². The maximum atomic E-state index is 12.3. The van der Waals surface area contributed by atoms with Crippen LogP contribution in [0.15, 0.2) is 53.5 Å². The first-order valence-electron chi connectivity index (χ1n) is 8.09. The molecule has 2 heterocycles. The average Bonchev–Trinajstić information content (AvgIpc) is 3.28. The number of carbonyl (C=O) groups excluding carboxylic acids is 2. The van der Waals surface area contributed by atoms with Crippen molar-refractivity contribution in [1.82, 2.24) is 14.8 Å². The fourth-order valence-corrected chi connectivity index (χ4v) is 4.08. The number of rotatable bonds is 8. The number of aromatic nitrogens is 3. The van der Waals surface area contributed by atoms with Crippen molar-refractivity contribution < 1.29 is 9.59 Å². The van der Waals surface area contributed by atoms with Gasteiger partial charge in [0.1, 0.15) is 5.00 Å². The van der Waals surface area contributed by atoms with Crippen molar-refractivity contribution in [2.24, 2.45) is 5.73 Å². The molecule has 0 radical (unpaired) electrons. The molecule has 0 saturated carbocycles. The van der Waals surface area contributed by atoms with Gasteiger partial charge in [-0.05, 0) is 35.7 Å². The van der Waals surface area contributed by atoms with Gasteiger partial charge in [0.2, 0.25) is 5.91 Å². The molecule has 0 bridgehead atoms. The van der Waals surface area contributed by atoms with E-state index in [1.807, 2.05) is 16.7 Å². The minimum absolute atomic E-state index is 0.103. The zero-order chi connectivity index (χ0) is 20.1. The lowest BCUT2D eigenvalue weighted by Crippen LogP contribution is -2.18. The Kier molecular flexibility index (Phi) is 6.50. The molecule has 28 heavy (non-hydrogen) atoms. The minimum atomic E-state index is -0.581. The van der Waals surface area contributed by atoms with E-state index in [0.29, 0.717) is 33.1 Å². The Morgan fingerprint density at radius 3 is 2.71 bits per heavy atom. The van der Waals surface area contributed by atoms with Crippen LogP contribution < -0.4 is 11.1 Å². The number of thiophene rings is 1. The normalized spacial score (nSPS) is 10.6. The summed E-state index contributed by atoms with van der Waals surface area (Å²) in [5.74, 6) is -0.0844. The summed E-state index contributed by atoms with van der Waals surface area (Å²) in [6, 6.07) is 8.85. The number of nitrogens with zero attached hydrogens (tertiary/aromatic N) is 3. The number of nitrogens with two attached hydrogens (primary N) is 1. The Hall–Kier alpha value is -2.62. The minimum Gasteiger partial charge on any atom is -0.366 e. The molecule has 0 unspecified atom stereocenters. The van der Waals surface area contributed by atoms with Gasteiger partial charge in [-0.15, -0.1) is 28.1 Å². The molecule has 0 spiro atoms. The number of allylic oxidation sites excluding steroid dienone is 1. The van der Waals surface area contributed by atoms with E-state index >= 15 is 0 Å². The van der Waals surface area contributed by atoms with E-state index in [-0.39, 0.29) is 11.7 Å². The number of carbonyl (C=O) groups is 2. The van der Waals surface area contributed by atoms with Crippen LogP contribution >= 0.6 is 34.7 Å². The third-order valence-electron chi connectivity index (χ3n) is 3.65. The van der Waals surface area contributed by atoms with Crippen LogP contribution in [-0.4, -0.2) is 32.3 Å². The number of benzene rings is 1. The summed E-state index contributed by atoms with van der Waals surface area (Å²) in [4.78, 5) is 23.6. The maximum Gasteiger partial charge on any atom is 0.251 e. The first-order valence-corrected chi connectivity index (χ1v) is 10.3. The van der Waals surface area contributed by atoms with Crippen LogP contribution in [0.3, 0.4) is 0 Å². The Labute approximate surface area is 174 Å². The number of hydrogen-bond acceptors (Lipinski definition) is 6. The molecule has 3 N–H and O–H groups in total. The number of primary amides is 1. The summed E-state index contributed by atoms with van der Waals surface area (Å²) in [7, 11) is 0. The lowest BCUT2D eigenvalue weighted by Gasteiger charge is -2.08. The van der Waals surface area contributed by atoms with Crippen molar-refractivity contribution in [3.05, 3.63) is 59.0 Å². The second kappa shape index (κ2) is 9.05. The average molecular weight is 434 g/mol. The summed E-state index contributed by atoms with van der Waals surface area (Å²) in [6.45, 7) is 4.26. The largest absolute Gasteiger partial charge is 0.366 e. The third kappa shape index (κ3) is 4.61. The zero-order valence-corrected chi connectivity index (χ0v) is 17.0. The first kappa shape index (κ1) is 20.1. The van der Waals surface area contributed by atoms with Crippen LogP contribution in [0.4, 0.5) is 5.00 Å². The predicted molar refractivity (Wildman–Crippen MR) is 113 cm³/mol. The van der Waals surface area contributed by atoms with Crippen molar-refractivity contribution in [3.8, 4) is 11.4 Å². The van der Waals surface area contributed by atoms with Gasteiger partial charge in [0.05, 0.1) is 11.3 Å². The van der Waals surface area contributed by atoms with Gasteiger partial charge >= 0.3 is 0 Å². The topological polar surface area (TPSA) is 103 Å². The Morgan fingerprint density at radius 1 is 1.29 bits per heavy atom. The van der Waals surface area contributed by atoms with Gasteiger partial charge in [-0.1, -0.05) is 29.4 Å². The first-order chi connectivity index (χ1) is 13.5. The lowest BCUT2D eigenvalue weighted by atomic mass is 10.2. The highest BCUT2D eigenvalue weighted by Crippen LogP contribution is 2.26. The van der Waals surface area contributed by atoms with E-state index in [9.17, 15) is 9.59 Å². The van der Waals surface area contributed by atoms with E-state index in [2.05, 4.69) is 22.1 Å². The highest BCUT2D eigenvalue weighted by atomic mass is 35.5. The summed E-state index contributed by atoms with van der Waals surface area (Å²) in [5, 5.41) is 14.5. The molecule has 0 fully saturated rings. The molecule has 1 aromatic carbocycles. The maximum absolute atomic E-state index is 12.3. The van der Waals surface area contributed by atoms with Gasteiger partial charge in [-0.2, -0.15) is 0 Å². The highest BCUT2D eigenvalue weighted by Gasteiger charge is 2.16. The van der Waals surface area contributed by atoms with Crippen molar-refractivity contribution >= 4 is 51.5 Å². The number of nitrogens with one attached hydrogen (secondary N) is 1. The van der Waals surface area contributed by atoms with Crippen molar-refractivity contribution in [1.29, 1.82) is 0 Å². The molecule has 3 aromatic rings. The number of halogens is 1. The van der Waals surface area contributed by atoms with Crippen LogP contribution in [0.5, 0.6) is 0 Å². The van der Waals surface area contributed by atoms with Crippen molar-refractivity contribution in [2.45, 2.75) is 11.7 Å². The van der Waals surface area contributed by atoms with Crippen LogP contribution in [0.25, 0.3) is 11.4 Å². The smallest absolute Gasteiger partial charge is 0.251 e. The van der Waals surface area contributed by atoms with Crippen LogP contribution in [0.2, 0.25) is 5.02 Å². The fraction of sp³-hybridized carbons (Fsp3) is 0.111. The van der Waals surface area contributed by atoms with Crippen LogP contribution in [0, 0.1) is 0 Å². The second-order valence-electron chi connectivity index (χ2n) is 5.58. The van der Waals surface area contributed by atoms with Crippen molar-refractivity contribution in [3.63, 3.8) is 0 Å². The van der Waals surface area contributed by atoms with Gasteiger partial charge in [-0.25, -0.2) is 0 Å². The molecule has 3 rings (SSSR count). The quantitative estimate of drug-likeness (QED) is 0.416. The van der Waals surface area contributed by atoms with Gasteiger partial charge < -0.3 is 11.1 Å². The Bertz CT molecular complexity index is 1010. The predicted octanol–water partition coefficient (Wildman–Crippen LogP) is 3.68. The Morgan fingerprint density at radius 2 is 2.04 bits per heavy atom. The molecular formula is C18H16ClN5O2S2. The number of hydrogen-bond donors (Lipinski definition) is 2. The molecule has 0 aliphatic carbocycles. The lowest BCUT2D eigenvalue weighted by molar-refractivity contribution is -0.113. The molecule has 0 aliphatic heterocycles. The van der Waals surface area contributed by atoms with Crippen LogP contribution in [-0.2, 0) is 11.3 Å². The third-order valence-corrected chi connectivity index (χ3v) is 5.70. The number of thioether (sulfide) groups is 1. The molecule has 2 amide bonds. The van der Waals surface area contributed by atoms with Crippen molar-refractivity contribution in [2.75, 3.05) is 11.1 Å². The molecule has 144 valence electrons. The van der Waals surface area contributed by atoms with E-state index < -0.39 is 5.91 Å². The SMILES string of the molecule is C=CCn1c(SCC(=O)Nc2sccc2C(N)=O)nnc1-c1ccc(Cl)cc1. The van der Waals surface area contributed by atoms with Gasteiger partial charge in [0.25, 0.3) is 5.91 Å². The van der Waals surface area contributed by atoms with Gasteiger partial charge in [-0.3, -0.25) is 14.2 Å². The molecule has 0 saturated heterocycles. The number of amides is 2. The standard InChI is InChI=1S/C18H16ClN5O2S2/c1-2-8-24-16(11-3-5-12(19)6-4-11)22-23-18(24)28-10-14(25)21-17-13(15(20)26)7-9-27-17/h2-7,9H,1,8,10H2,(H2,20,26)(H,21,25). The monoisotopic (exact) mass is 433 g/mol. The molecule has 7 nitrogen and oxygen atoms in total. The van der Waals surface area contributed by atoms with E-state index in [4.69, 9.17) is 17.3 Å². The molecular weight excluding hydrogens is 418 g/mol. The second-order valence-corrected chi connectivity index (χ2v) is 7.87. The van der Waals surface area contributed by atoms with Gasteiger partial charge in [0.15, 0.2) is 11.0 Å². The van der Waals surface area contributed by atoms with E-state index in [0.717, 1.165) is 5.56 Å². The molecule has 10 heteroatoms. The van der Waals surface area contributed by atoms with Crippen LogP contribution in [0.1, 0.15) is 10.4 Å². The molecule has 0 aliphatic rings. The Balaban J connectivity index is 1.72. The summed E-state index contributed by atoms with van der Waals surface area (Å²) < 4.78 is 1.87. The van der Waals surface area contributed by atoms with Gasteiger partial charge in [0, 0.05) is 17.1 Å². The molecule has 2 aromatic heterocycles.